The zero-order chi connectivity index (χ0) is 13.7. The van der Waals surface area contributed by atoms with Gasteiger partial charge in [-0.3, -0.25) is 4.98 Å². The van der Waals surface area contributed by atoms with E-state index in [1.807, 2.05) is 30.3 Å². The molecule has 0 fully saturated rings. The Labute approximate surface area is 111 Å². The molecule has 2 rings (SSSR count). The average Bonchev–Trinajstić information content (AvgIpc) is 2.45. The normalized spacial score (nSPS) is 10.6. The summed E-state index contributed by atoms with van der Waals surface area (Å²) in [6.07, 6.45) is 5.95. The first kappa shape index (κ1) is 12.8. The van der Waals surface area contributed by atoms with Gasteiger partial charge < -0.3 is 9.84 Å². The summed E-state index contributed by atoms with van der Waals surface area (Å²) in [5, 5.41) is 8.68. The highest BCUT2D eigenvalue weighted by atomic mass is 16.5. The summed E-state index contributed by atoms with van der Waals surface area (Å²) in [4.78, 5) is 14.6. The van der Waals surface area contributed by atoms with E-state index < -0.39 is 5.97 Å². The largest absolute Gasteiger partial charge is 0.497 e. The molecule has 0 saturated carbocycles. The van der Waals surface area contributed by atoms with Crippen molar-refractivity contribution < 1.29 is 14.6 Å². The maximum Gasteiger partial charge on any atom is 0.328 e. The standard InChI is InChI=1S/C15H13NO3/c1-19-13-5-2-11(3-6-13)14-8-9-16-10-12(14)4-7-15(17)18/h2-10H,1H3,(H,17,18)/b7-4+. The smallest absolute Gasteiger partial charge is 0.328 e. The van der Waals surface area contributed by atoms with Crippen molar-refractivity contribution in [2.24, 2.45) is 0 Å². The van der Waals surface area contributed by atoms with Crippen molar-refractivity contribution >= 4 is 12.0 Å². The Hall–Kier alpha value is -2.62. The van der Waals surface area contributed by atoms with Gasteiger partial charge in [0.05, 0.1) is 7.11 Å². The Bertz CT molecular complexity index is 603. The molecule has 1 heterocycles. The van der Waals surface area contributed by atoms with E-state index in [2.05, 4.69) is 4.98 Å². The van der Waals surface area contributed by atoms with Crippen molar-refractivity contribution in [3.05, 3.63) is 54.4 Å². The topological polar surface area (TPSA) is 59.4 Å². The van der Waals surface area contributed by atoms with Gasteiger partial charge in [-0.2, -0.15) is 0 Å². The highest BCUT2D eigenvalue weighted by Crippen LogP contribution is 2.25. The Kier molecular flexibility index (Phi) is 3.93. The molecular formula is C15H13NO3. The number of hydrogen-bond donors (Lipinski definition) is 1. The van der Waals surface area contributed by atoms with Crippen LogP contribution in [0.4, 0.5) is 0 Å². The van der Waals surface area contributed by atoms with Gasteiger partial charge in [0.15, 0.2) is 0 Å². The molecule has 2 aromatic rings. The molecule has 0 radical (unpaired) electrons. The first-order valence-corrected chi connectivity index (χ1v) is 5.70. The second-order valence-electron chi connectivity index (χ2n) is 3.86. The predicted molar refractivity (Wildman–Crippen MR) is 72.9 cm³/mol. The fraction of sp³-hybridized carbons (Fsp3) is 0.0667. The van der Waals surface area contributed by atoms with E-state index in [0.29, 0.717) is 0 Å². The van der Waals surface area contributed by atoms with Gasteiger partial charge in [0.25, 0.3) is 0 Å². The van der Waals surface area contributed by atoms with Crippen LogP contribution < -0.4 is 4.74 Å². The van der Waals surface area contributed by atoms with E-state index in [9.17, 15) is 4.79 Å². The van der Waals surface area contributed by atoms with E-state index in [1.165, 1.54) is 6.08 Å². The van der Waals surface area contributed by atoms with Crippen molar-refractivity contribution in [3.63, 3.8) is 0 Å². The van der Waals surface area contributed by atoms with Crippen LogP contribution in [0.3, 0.4) is 0 Å². The van der Waals surface area contributed by atoms with Crippen LogP contribution in [0, 0.1) is 0 Å². The number of nitrogens with zero attached hydrogens (tertiary/aromatic N) is 1. The Morgan fingerprint density at radius 1 is 1.26 bits per heavy atom. The van der Waals surface area contributed by atoms with Gasteiger partial charge >= 0.3 is 5.97 Å². The van der Waals surface area contributed by atoms with E-state index >= 15 is 0 Å². The number of aliphatic carboxylic acids is 1. The molecule has 0 amide bonds. The van der Waals surface area contributed by atoms with Crippen molar-refractivity contribution in [2.75, 3.05) is 7.11 Å². The molecule has 1 aromatic carbocycles. The number of aromatic nitrogens is 1. The van der Waals surface area contributed by atoms with Crippen molar-refractivity contribution in [2.45, 2.75) is 0 Å². The lowest BCUT2D eigenvalue weighted by Crippen LogP contribution is -1.89. The van der Waals surface area contributed by atoms with Gasteiger partial charge in [-0.05, 0) is 35.4 Å². The van der Waals surface area contributed by atoms with Crippen LogP contribution in [0.15, 0.2) is 48.8 Å². The predicted octanol–water partition coefficient (Wildman–Crippen LogP) is 2.86. The number of hydrogen-bond acceptors (Lipinski definition) is 3. The molecule has 0 atom stereocenters. The summed E-state index contributed by atoms with van der Waals surface area (Å²) < 4.78 is 5.11. The summed E-state index contributed by atoms with van der Waals surface area (Å²) in [6.45, 7) is 0. The molecule has 0 spiro atoms. The summed E-state index contributed by atoms with van der Waals surface area (Å²) in [5.41, 5.74) is 2.67. The Balaban J connectivity index is 2.40. The van der Waals surface area contributed by atoms with Crippen LogP contribution in [-0.2, 0) is 4.79 Å². The molecule has 0 unspecified atom stereocenters. The fourth-order valence-corrected chi connectivity index (χ4v) is 1.73. The third kappa shape index (κ3) is 3.19. The van der Waals surface area contributed by atoms with Gasteiger partial charge in [0, 0.05) is 24.0 Å². The van der Waals surface area contributed by atoms with E-state index in [1.54, 1.807) is 19.5 Å². The molecule has 96 valence electrons. The second kappa shape index (κ2) is 5.82. The van der Waals surface area contributed by atoms with Crippen LogP contribution >= 0.6 is 0 Å². The van der Waals surface area contributed by atoms with E-state index in [-0.39, 0.29) is 0 Å². The molecule has 0 saturated heterocycles. The van der Waals surface area contributed by atoms with E-state index in [0.717, 1.165) is 28.5 Å². The maximum absolute atomic E-state index is 10.6. The number of pyridine rings is 1. The first-order valence-electron chi connectivity index (χ1n) is 5.70. The molecule has 4 nitrogen and oxygen atoms in total. The van der Waals surface area contributed by atoms with Crippen LogP contribution in [0.1, 0.15) is 5.56 Å². The lowest BCUT2D eigenvalue weighted by atomic mass is 10.0. The van der Waals surface area contributed by atoms with Crippen LogP contribution in [0.25, 0.3) is 17.2 Å². The maximum atomic E-state index is 10.6. The Morgan fingerprint density at radius 3 is 2.63 bits per heavy atom. The number of rotatable bonds is 4. The van der Waals surface area contributed by atoms with Gasteiger partial charge in [0.2, 0.25) is 0 Å². The number of carbonyl (C=O) groups is 1. The summed E-state index contributed by atoms with van der Waals surface area (Å²) in [5.74, 6) is -0.204. The van der Waals surface area contributed by atoms with Gasteiger partial charge in [-0.15, -0.1) is 0 Å². The zero-order valence-corrected chi connectivity index (χ0v) is 10.4. The third-order valence-electron chi connectivity index (χ3n) is 2.66. The monoisotopic (exact) mass is 255 g/mol. The first-order chi connectivity index (χ1) is 9.20. The molecule has 1 aromatic heterocycles. The van der Waals surface area contributed by atoms with Crippen LogP contribution in [0.2, 0.25) is 0 Å². The number of methoxy groups -OCH3 is 1. The molecular weight excluding hydrogens is 242 g/mol. The molecule has 0 aliphatic carbocycles. The minimum Gasteiger partial charge on any atom is -0.497 e. The van der Waals surface area contributed by atoms with Crippen LogP contribution in [0.5, 0.6) is 5.75 Å². The SMILES string of the molecule is COc1ccc(-c2ccncc2/C=C/C(=O)O)cc1. The Morgan fingerprint density at radius 2 is 2.00 bits per heavy atom. The highest BCUT2D eigenvalue weighted by molar-refractivity contribution is 5.87. The third-order valence-corrected chi connectivity index (χ3v) is 2.66. The molecule has 0 aliphatic heterocycles. The van der Waals surface area contributed by atoms with Crippen molar-refractivity contribution in [3.8, 4) is 16.9 Å². The van der Waals surface area contributed by atoms with E-state index in [4.69, 9.17) is 9.84 Å². The van der Waals surface area contributed by atoms with Gasteiger partial charge in [0.1, 0.15) is 5.75 Å². The molecule has 0 aliphatic rings. The summed E-state index contributed by atoms with van der Waals surface area (Å²) in [6, 6.07) is 9.42. The molecule has 4 heteroatoms. The number of ether oxygens (including phenoxy) is 1. The number of carboxylic acid groups (broad SMARTS) is 1. The lowest BCUT2D eigenvalue weighted by Gasteiger charge is -2.06. The number of benzene rings is 1. The van der Waals surface area contributed by atoms with Gasteiger partial charge in [-0.25, -0.2) is 4.79 Å². The fourth-order valence-electron chi connectivity index (χ4n) is 1.73. The average molecular weight is 255 g/mol. The zero-order valence-electron chi connectivity index (χ0n) is 10.4. The molecule has 0 bridgehead atoms. The molecule has 19 heavy (non-hydrogen) atoms. The highest BCUT2D eigenvalue weighted by Gasteiger charge is 2.03. The minimum absolute atomic E-state index is 0.759. The van der Waals surface area contributed by atoms with Crippen molar-refractivity contribution in [1.29, 1.82) is 0 Å². The number of carboxylic acids is 1. The molecule has 1 N–H and O–H groups in total. The van der Waals surface area contributed by atoms with Gasteiger partial charge in [-0.1, -0.05) is 12.1 Å². The van der Waals surface area contributed by atoms with Crippen molar-refractivity contribution in [1.82, 2.24) is 4.98 Å². The quantitative estimate of drug-likeness (QED) is 0.853. The lowest BCUT2D eigenvalue weighted by molar-refractivity contribution is -0.131. The second-order valence-corrected chi connectivity index (χ2v) is 3.86. The summed E-state index contributed by atoms with van der Waals surface area (Å²) in [7, 11) is 1.61. The summed E-state index contributed by atoms with van der Waals surface area (Å²) >= 11 is 0. The minimum atomic E-state index is -0.982. The van der Waals surface area contributed by atoms with Crippen LogP contribution in [-0.4, -0.2) is 23.2 Å².